The number of rotatable bonds is 52. The van der Waals surface area contributed by atoms with Gasteiger partial charge in [0.15, 0.2) is 6.10 Å². The van der Waals surface area contributed by atoms with E-state index < -0.39 is 6.10 Å². The molecule has 0 rings (SSSR count). The van der Waals surface area contributed by atoms with E-state index in [1.165, 1.54) is 186 Å². The quantitative estimate of drug-likeness (QED) is 0.0262. The van der Waals surface area contributed by atoms with Crippen molar-refractivity contribution in [3.05, 3.63) is 36.5 Å². The molecule has 0 radical (unpaired) electrons. The summed E-state index contributed by atoms with van der Waals surface area (Å²) in [4.78, 5) is 38.1. The summed E-state index contributed by atoms with van der Waals surface area (Å²) in [5.41, 5.74) is 0. The van der Waals surface area contributed by atoms with Gasteiger partial charge in [0.2, 0.25) is 0 Å². The Labute approximate surface area is 404 Å². The molecule has 0 N–H and O–H groups in total. The fraction of sp³-hybridized carbons (Fsp3) is 0.847. The van der Waals surface area contributed by atoms with Crippen LogP contribution in [-0.2, 0) is 28.6 Å². The van der Waals surface area contributed by atoms with Crippen LogP contribution < -0.4 is 0 Å². The van der Waals surface area contributed by atoms with E-state index in [9.17, 15) is 14.4 Å². The number of ether oxygens (including phenoxy) is 3. The fourth-order valence-electron chi connectivity index (χ4n) is 8.28. The Balaban J connectivity index is 4.35. The van der Waals surface area contributed by atoms with E-state index in [2.05, 4.69) is 57.2 Å². The van der Waals surface area contributed by atoms with Gasteiger partial charge in [-0.3, -0.25) is 14.4 Å². The Kier molecular flexibility index (Phi) is 52.3. The number of allylic oxidation sites excluding steroid dienone is 6. The maximum absolute atomic E-state index is 12.8. The number of esters is 3. The van der Waals surface area contributed by atoms with Gasteiger partial charge in [0.1, 0.15) is 13.2 Å². The smallest absolute Gasteiger partial charge is 0.306 e. The van der Waals surface area contributed by atoms with Crippen LogP contribution >= 0.6 is 0 Å². The van der Waals surface area contributed by atoms with Crippen LogP contribution in [0.1, 0.15) is 303 Å². The minimum absolute atomic E-state index is 0.0756. The first kappa shape index (κ1) is 62.6. The van der Waals surface area contributed by atoms with E-state index in [0.29, 0.717) is 19.3 Å². The zero-order valence-electron chi connectivity index (χ0n) is 43.5. The normalized spacial score (nSPS) is 12.2. The number of hydrogen-bond donors (Lipinski definition) is 0. The molecule has 0 bridgehead atoms. The molecule has 0 spiro atoms. The summed E-state index contributed by atoms with van der Waals surface area (Å²) in [7, 11) is 0. The summed E-state index contributed by atoms with van der Waals surface area (Å²) in [5.74, 6) is -0.877. The predicted molar refractivity (Wildman–Crippen MR) is 279 cm³/mol. The maximum atomic E-state index is 12.8. The van der Waals surface area contributed by atoms with Gasteiger partial charge in [-0.2, -0.15) is 0 Å². The molecule has 6 nitrogen and oxygen atoms in total. The van der Waals surface area contributed by atoms with Crippen molar-refractivity contribution in [1.29, 1.82) is 0 Å². The molecule has 1 unspecified atom stereocenters. The molecule has 0 saturated heterocycles. The Morgan fingerprint density at radius 2 is 0.569 bits per heavy atom. The fourth-order valence-corrected chi connectivity index (χ4v) is 8.28. The third kappa shape index (κ3) is 52.5. The minimum atomic E-state index is -0.776. The first-order valence-corrected chi connectivity index (χ1v) is 28.5. The highest BCUT2D eigenvalue weighted by Gasteiger charge is 2.19. The van der Waals surface area contributed by atoms with Gasteiger partial charge in [-0.05, 0) is 70.6 Å². The monoisotopic (exact) mass is 913 g/mol. The van der Waals surface area contributed by atoms with E-state index in [-0.39, 0.29) is 31.1 Å². The number of hydrogen-bond acceptors (Lipinski definition) is 6. The van der Waals surface area contributed by atoms with E-state index in [0.717, 1.165) is 77.0 Å². The molecule has 65 heavy (non-hydrogen) atoms. The number of carbonyl (C=O) groups excluding carboxylic acids is 3. The summed E-state index contributed by atoms with van der Waals surface area (Å²) in [6.07, 6.45) is 64.1. The van der Waals surface area contributed by atoms with Crippen LogP contribution in [0.5, 0.6) is 0 Å². The third-order valence-electron chi connectivity index (χ3n) is 12.6. The number of carbonyl (C=O) groups is 3. The summed E-state index contributed by atoms with van der Waals surface area (Å²) in [5, 5.41) is 0. The molecule has 0 aromatic rings. The molecule has 1 atom stereocenters. The van der Waals surface area contributed by atoms with Crippen molar-refractivity contribution < 1.29 is 28.6 Å². The second kappa shape index (κ2) is 54.2. The van der Waals surface area contributed by atoms with Gasteiger partial charge < -0.3 is 14.2 Å². The van der Waals surface area contributed by atoms with Gasteiger partial charge in [0.05, 0.1) is 0 Å². The molecule has 0 aliphatic rings. The van der Waals surface area contributed by atoms with Gasteiger partial charge in [-0.1, -0.05) is 250 Å². The SMILES string of the molecule is CCCC/C=C\C/C=C\CCCCCCCC(=O)OCC(COC(=O)CCCCCCCCC/C=C\CCCCCCCCC)OC(=O)CCCCCCCCCCCCCCCCC. The average Bonchev–Trinajstić information content (AvgIpc) is 3.30. The molecule has 0 aromatic heterocycles. The highest BCUT2D eigenvalue weighted by Crippen LogP contribution is 2.16. The van der Waals surface area contributed by atoms with Gasteiger partial charge >= 0.3 is 17.9 Å². The first-order chi connectivity index (χ1) is 32.0. The molecule has 0 aromatic carbocycles. The molecule has 0 saturated carbocycles. The summed E-state index contributed by atoms with van der Waals surface area (Å²) >= 11 is 0. The molecule has 6 heteroatoms. The molecule has 0 aliphatic heterocycles. The van der Waals surface area contributed by atoms with Gasteiger partial charge in [0, 0.05) is 19.3 Å². The van der Waals surface area contributed by atoms with Crippen LogP contribution in [0.4, 0.5) is 0 Å². The van der Waals surface area contributed by atoms with Crippen molar-refractivity contribution in [1.82, 2.24) is 0 Å². The molecule has 0 heterocycles. The zero-order chi connectivity index (χ0) is 47.2. The van der Waals surface area contributed by atoms with E-state index >= 15 is 0 Å². The zero-order valence-corrected chi connectivity index (χ0v) is 43.5. The van der Waals surface area contributed by atoms with Crippen LogP contribution in [0.15, 0.2) is 36.5 Å². The third-order valence-corrected chi connectivity index (χ3v) is 12.6. The van der Waals surface area contributed by atoms with Crippen molar-refractivity contribution in [2.24, 2.45) is 0 Å². The molecule has 0 fully saturated rings. The summed E-state index contributed by atoms with van der Waals surface area (Å²) < 4.78 is 16.9. The summed E-state index contributed by atoms with van der Waals surface area (Å²) in [6, 6.07) is 0. The van der Waals surface area contributed by atoms with E-state index in [4.69, 9.17) is 14.2 Å². The molecule has 0 aliphatic carbocycles. The Morgan fingerprint density at radius 1 is 0.308 bits per heavy atom. The van der Waals surface area contributed by atoms with E-state index in [1.807, 2.05) is 0 Å². The standard InChI is InChI=1S/C59H108O6/c1-4-7-10-13-16-19-22-25-28-29-30-32-34-37-40-43-46-49-52-58(61)64-55-56(54-63-57(60)51-48-45-42-39-36-33-27-24-21-18-15-12-9-6-3)65-59(62)53-50-47-44-41-38-35-31-26-23-20-17-14-11-8-5-2/h15,18,24,27-29,56H,4-14,16-17,19-23,25-26,30-55H2,1-3H3/b18-15-,27-24-,29-28-. The molecule has 380 valence electrons. The topological polar surface area (TPSA) is 78.9 Å². The van der Waals surface area contributed by atoms with Crippen molar-refractivity contribution in [3.8, 4) is 0 Å². The highest BCUT2D eigenvalue weighted by molar-refractivity contribution is 5.71. The van der Waals surface area contributed by atoms with Gasteiger partial charge in [0.25, 0.3) is 0 Å². The number of unbranched alkanes of at least 4 members (excludes halogenated alkanes) is 35. The molecular weight excluding hydrogens is 805 g/mol. The largest absolute Gasteiger partial charge is 0.462 e. The van der Waals surface area contributed by atoms with E-state index in [1.54, 1.807) is 0 Å². The maximum Gasteiger partial charge on any atom is 0.306 e. The van der Waals surface area contributed by atoms with Crippen molar-refractivity contribution in [2.75, 3.05) is 13.2 Å². The lowest BCUT2D eigenvalue weighted by molar-refractivity contribution is -0.167. The summed E-state index contributed by atoms with van der Waals surface area (Å²) in [6.45, 7) is 6.62. The second-order valence-corrected chi connectivity index (χ2v) is 19.2. The van der Waals surface area contributed by atoms with Gasteiger partial charge in [-0.25, -0.2) is 0 Å². The molecular formula is C59H108O6. The predicted octanol–water partition coefficient (Wildman–Crippen LogP) is 18.9. The van der Waals surface area contributed by atoms with Crippen molar-refractivity contribution >= 4 is 17.9 Å². The van der Waals surface area contributed by atoms with Crippen LogP contribution in [-0.4, -0.2) is 37.2 Å². The second-order valence-electron chi connectivity index (χ2n) is 19.2. The average molecular weight is 914 g/mol. The lowest BCUT2D eigenvalue weighted by Crippen LogP contribution is -2.30. The van der Waals surface area contributed by atoms with Crippen LogP contribution in [0.3, 0.4) is 0 Å². The van der Waals surface area contributed by atoms with Crippen LogP contribution in [0.25, 0.3) is 0 Å². The Bertz CT molecular complexity index is 1090. The lowest BCUT2D eigenvalue weighted by Gasteiger charge is -2.18. The first-order valence-electron chi connectivity index (χ1n) is 28.5. The molecule has 0 amide bonds. The van der Waals surface area contributed by atoms with Crippen molar-refractivity contribution in [2.45, 2.75) is 309 Å². The minimum Gasteiger partial charge on any atom is -0.462 e. The van der Waals surface area contributed by atoms with Gasteiger partial charge in [-0.15, -0.1) is 0 Å². The van der Waals surface area contributed by atoms with Crippen LogP contribution in [0, 0.1) is 0 Å². The highest BCUT2D eigenvalue weighted by atomic mass is 16.6. The lowest BCUT2D eigenvalue weighted by atomic mass is 10.0. The van der Waals surface area contributed by atoms with Crippen molar-refractivity contribution in [3.63, 3.8) is 0 Å². The van der Waals surface area contributed by atoms with Crippen LogP contribution in [0.2, 0.25) is 0 Å². The Hall–Kier alpha value is -2.37. The Morgan fingerprint density at radius 3 is 0.908 bits per heavy atom.